The molecule has 0 saturated carbocycles. The Morgan fingerprint density at radius 3 is 2.94 bits per heavy atom. The predicted molar refractivity (Wildman–Crippen MR) is 62.0 cm³/mol. The maximum Gasteiger partial charge on any atom is 0.167 e. The first-order valence-electron chi connectivity index (χ1n) is 5.38. The fraction of sp³-hybridized carbons (Fsp3) is 0.500. The molecular formula is C10H15N5O2. The second-order valence-corrected chi connectivity index (χ2v) is 3.54. The lowest BCUT2D eigenvalue weighted by molar-refractivity contribution is 0.0229. The SMILES string of the molecule is CCOC(C)n1c(CO)nc2c(N)ncnc21. The van der Waals surface area contributed by atoms with Gasteiger partial charge in [-0.2, -0.15) is 0 Å². The highest BCUT2D eigenvalue weighted by atomic mass is 16.5. The number of nitrogen functional groups attached to an aromatic ring is 1. The van der Waals surface area contributed by atoms with E-state index in [0.717, 1.165) is 0 Å². The van der Waals surface area contributed by atoms with Crippen LogP contribution in [-0.4, -0.2) is 31.2 Å². The van der Waals surface area contributed by atoms with Crippen LogP contribution in [0.4, 0.5) is 5.82 Å². The number of aromatic nitrogens is 4. The molecule has 2 heterocycles. The van der Waals surface area contributed by atoms with E-state index < -0.39 is 0 Å². The average Bonchev–Trinajstić information content (AvgIpc) is 2.69. The van der Waals surface area contributed by atoms with Crippen molar-refractivity contribution in [2.24, 2.45) is 0 Å². The molecule has 7 heteroatoms. The molecule has 0 bridgehead atoms. The molecule has 2 rings (SSSR count). The van der Waals surface area contributed by atoms with Gasteiger partial charge < -0.3 is 15.6 Å². The summed E-state index contributed by atoms with van der Waals surface area (Å²) in [6.45, 7) is 4.12. The zero-order chi connectivity index (χ0) is 12.4. The van der Waals surface area contributed by atoms with E-state index in [4.69, 9.17) is 10.5 Å². The number of rotatable bonds is 4. The van der Waals surface area contributed by atoms with Crippen LogP contribution < -0.4 is 5.73 Å². The number of fused-ring (bicyclic) bond motifs is 1. The van der Waals surface area contributed by atoms with E-state index in [1.165, 1.54) is 6.33 Å². The van der Waals surface area contributed by atoms with Crippen LogP contribution in [0.5, 0.6) is 0 Å². The molecule has 0 amide bonds. The number of ether oxygens (including phenoxy) is 1. The van der Waals surface area contributed by atoms with Gasteiger partial charge >= 0.3 is 0 Å². The maximum atomic E-state index is 9.30. The second kappa shape index (κ2) is 4.64. The van der Waals surface area contributed by atoms with Gasteiger partial charge in [0.1, 0.15) is 25.0 Å². The molecule has 17 heavy (non-hydrogen) atoms. The minimum Gasteiger partial charge on any atom is -0.388 e. The van der Waals surface area contributed by atoms with Crippen LogP contribution in [0.2, 0.25) is 0 Å². The molecule has 0 spiro atoms. The largest absolute Gasteiger partial charge is 0.388 e. The number of hydrogen-bond donors (Lipinski definition) is 2. The van der Waals surface area contributed by atoms with Gasteiger partial charge in [0.05, 0.1) is 0 Å². The van der Waals surface area contributed by atoms with Gasteiger partial charge in [-0.3, -0.25) is 4.57 Å². The minimum absolute atomic E-state index is 0.201. The van der Waals surface area contributed by atoms with Crippen LogP contribution in [0, 0.1) is 0 Å². The standard InChI is InChI=1S/C10H15N5O2/c1-3-17-6(2)15-7(4-16)14-8-9(11)12-5-13-10(8)15/h5-6,16H,3-4H2,1-2H3,(H2,11,12,13). The van der Waals surface area contributed by atoms with Gasteiger partial charge in [-0.15, -0.1) is 0 Å². The Morgan fingerprint density at radius 1 is 1.53 bits per heavy atom. The van der Waals surface area contributed by atoms with E-state index in [-0.39, 0.29) is 12.8 Å². The number of hydrogen-bond acceptors (Lipinski definition) is 6. The first-order valence-corrected chi connectivity index (χ1v) is 5.38. The van der Waals surface area contributed by atoms with Crippen molar-refractivity contribution in [2.45, 2.75) is 26.7 Å². The Hall–Kier alpha value is -1.73. The number of imidazole rings is 1. The topological polar surface area (TPSA) is 99.1 Å². The maximum absolute atomic E-state index is 9.30. The molecule has 0 aromatic carbocycles. The van der Waals surface area contributed by atoms with Crippen molar-refractivity contribution in [2.75, 3.05) is 12.3 Å². The second-order valence-electron chi connectivity index (χ2n) is 3.54. The Balaban J connectivity index is 2.62. The molecule has 3 N–H and O–H groups in total. The van der Waals surface area contributed by atoms with Crippen LogP contribution in [0.3, 0.4) is 0 Å². The highest BCUT2D eigenvalue weighted by molar-refractivity contribution is 5.81. The Bertz CT molecular complexity index is 525. The lowest BCUT2D eigenvalue weighted by atomic mass is 10.5. The van der Waals surface area contributed by atoms with Crippen LogP contribution >= 0.6 is 0 Å². The van der Waals surface area contributed by atoms with E-state index in [0.29, 0.717) is 29.4 Å². The third-order valence-corrected chi connectivity index (χ3v) is 2.49. The van der Waals surface area contributed by atoms with Crippen molar-refractivity contribution in [1.82, 2.24) is 19.5 Å². The molecule has 1 atom stereocenters. The molecule has 0 fully saturated rings. The molecule has 2 aromatic rings. The lowest BCUT2D eigenvalue weighted by Gasteiger charge is -2.15. The number of aliphatic hydroxyl groups excluding tert-OH is 1. The quantitative estimate of drug-likeness (QED) is 0.801. The number of nitrogens with two attached hydrogens (primary N) is 1. The summed E-state index contributed by atoms with van der Waals surface area (Å²) >= 11 is 0. The van der Waals surface area contributed by atoms with E-state index in [1.54, 1.807) is 4.57 Å². The van der Waals surface area contributed by atoms with Crippen molar-refractivity contribution < 1.29 is 9.84 Å². The van der Waals surface area contributed by atoms with Crippen molar-refractivity contribution in [3.05, 3.63) is 12.2 Å². The first kappa shape index (κ1) is 11.7. The monoisotopic (exact) mass is 237 g/mol. The molecular weight excluding hydrogens is 222 g/mol. The smallest absolute Gasteiger partial charge is 0.167 e. The summed E-state index contributed by atoms with van der Waals surface area (Å²) < 4.78 is 7.21. The van der Waals surface area contributed by atoms with Crippen LogP contribution in [-0.2, 0) is 11.3 Å². The molecule has 0 aliphatic carbocycles. The third kappa shape index (κ3) is 1.94. The highest BCUT2D eigenvalue weighted by Crippen LogP contribution is 2.22. The van der Waals surface area contributed by atoms with Gasteiger partial charge in [0.25, 0.3) is 0 Å². The molecule has 0 aliphatic heterocycles. The zero-order valence-corrected chi connectivity index (χ0v) is 9.79. The predicted octanol–water partition coefficient (Wildman–Crippen LogP) is 0.456. The number of aliphatic hydroxyl groups is 1. The van der Waals surface area contributed by atoms with Crippen molar-refractivity contribution >= 4 is 17.0 Å². The minimum atomic E-state index is -0.263. The highest BCUT2D eigenvalue weighted by Gasteiger charge is 2.18. The molecule has 1 unspecified atom stereocenters. The van der Waals surface area contributed by atoms with E-state index >= 15 is 0 Å². The number of anilines is 1. The van der Waals surface area contributed by atoms with Gasteiger partial charge in [-0.05, 0) is 13.8 Å². The molecule has 2 aromatic heterocycles. The van der Waals surface area contributed by atoms with E-state index in [2.05, 4.69) is 15.0 Å². The van der Waals surface area contributed by atoms with Gasteiger partial charge in [-0.25, -0.2) is 15.0 Å². The molecule has 0 radical (unpaired) electrons. The average molecular weight is 237 g/mol. The summed E-state index contributed by atoms with van der Waals surface area (Å²) in [5.74, 6) is 0.764. The Labute approximate surface area is 98.3 Å². The summed E-state index contributed by atoms with van der Waals surface area (Å²) in [7, 11) is 0. The fourth-order valence-corrected chi connectivity index (χ4v) is 1.78. The third-order valence-electron chi connectivity index (χ3n) is 2.49. The summed E-state index contributed by atoms with van der Waals surface area (Å²) in [6, 6.07) is 0. The molecule has 92 valence electrons. The van der Waals surface area contributed by atoms with Gasteiger partial charge in [0.2, 0.25) is 0 Å². The zero-order valence-electron chi connectivity index (χ0n) is 9.79. The molecule has 0 aliphatic rings. The Morgan fingerprint density at radius 2 is 2.29 bits per heavy atom. The summed E-state index contributed by atoms with van der Waals surface area (Å²) in [6.07, 6.45) is 1.11. The van der Waals surface area contributed by atoms with E-state index in [9.17, 15) is 5.11 Å². The van der Waals surface area contributed by atoms with Crippen molar-refractivity contribution in [1.29, 1.82) is 0 Å². The van der Waals surface area contributed by atoms with Crippen LogP contribution in [0.25, 0.3) is 11.2 Å². The molecule has 7 nitrogen and oxygen atoms in total. The van der Waals surface area contributed by atoms with Gasteiger partial charge in [-0.1, -0.05) is 0 Å². The van der Waals surface area contributed by atoms with Crippen molar-refractivity contribution in [3.63, 3.8) is 0 Å². The Kier molecular flexibility index (Phi) is 3.21. The van der Waals surface area contributed by atoms with Gasteiger partial charge in [0, 0.05) is 6.61 Å². The normalized spacial score (nSPS) is 13.1. The summed E-state index contributed by atoms with van der Waals surface area (Å²) in [5, 5.41) is 9.30. The molecule has 0 saturated heterocycles. The summed E-state index contributed by atoms with van der Waals surface area (Å²) in [5.41, 5.74) is 6.78. The van der Waals surface area contributed by atoms with Gasteiger partial charge in [0.15, 0.2) is 17.0 Å². The first-order chi connectivity index (χ1) is 8.19. The lowest BCUT2D eigenvalue weighted by Crippen LogP contribution is -2.13. The summed E-state index contributed by atoms with van der Waals surface area (Å²) in [4.78, 5) is 12.2. The van der Waals surface area contributed by atoms with Crippen LogP contribution in [0.15, 0.2) is 6.33 Å². The van der Waals surface area contributed by atoms with Crippen LogP contribution in [0.1, 0.15) is 25.9 Å². The fourth-order valence-electron chi connectivity index (χ4n) is 1.78. The van der Waals surface area contributed by atoms with E-state index in [1.807, 2.05) is 13.8 Å². The number of nitrogens with zero attached hydrogens (tertiary/aromatic N) is 4. The van der Waals surface area contributed by atoms with Crippen molar-refractivity contribution in [3.8, 4) is 0 Å².